The lowest BCUT2D eigenvalue weighted by Gasteiger charge is -2.25. The van der Waals surface area contributed by atoms with E-state index in [1.165, 1.54) is 17.4 Å². The Hall–Kier alpha value is -2.95. The Bertz CT molecular complexity index is 1180. The van der Waals surface area contributed by atoms with Crippen molar-refractivity contribution in [2.24, 2.45) is 0 Å². The van der Waals surface area contributed by atoms with Crippen molar-refractivity contribution in [2.75, 3.05) is 18.0 Å². The van der Waals surface area contributed by atoms with E-state index in [0.717, 1.165) is 63.6 Å². The summed E-state index contributed by atoms with van der Waals surface area (Å²) in [6, 6.07) is 9.35. The van der Waals surface area contributed by atoms with Crippen LogP contribution in [0.15, 0.2) is 36.0 Å². The third-order valence-electron chi connectivity index (χ3n) is 5.20. The average Bonchev–Trinajstić information content (AvgIpc) is 3.34. The predicted octanol–water partition coefficient (Wildman–Crippen LogP) is 8.02. The molecule has 0 radical (unpaired) electrons. The lowest BCUT2D eigenvalue weighted by Crippen LogP contribution is -2.25. The zero-order valence-corrected chi connectivity index (χ0v) is 20.4. The zero-order valence-electron chi connectivity index (χ0n) is 18.8. The first-order valence-corrected chi connectivity index (χ1v) is 12.7. The number of aliphatic carboxylic acids is 1. The number of anilines is 1. The molecule has 3 aromatic rings. The lowest BCUT2D eigenvalue weighted by molar-refractivity contribution is -0.132. The highest BCUT2D eigenvalue weighted by atomic mass is 32.1. The number of nitrogens with zero attached hydrogens (tertiary/aromatic N) is 2. The Morgan fingerprint density at radius 2 is 1.70 bits per heavy atom. The molecule has 0 aliphatic heterocycles. The summed E-state index contributed by atoms with van der Waals surface area (Å²) < 4.78 is 16.8. The third kappa shape index (κ3) is 6.53. The third-order valence-corrected chi connectivity index (χ3v) is 7.41. The summed E-state index contributed by atoms with van der Waals surface area (Å²) in [7, 11) is 0. The molecule has 0 fully saturated rings. The molecule has 4 nitrogen and oxygen atoms in total. The van der Waals surface area contributed by atoms with E-state index in [0.29, 0.717) is 5.56 Å². The van der Waals surface area contributed by atoms with Crippen molar-refractivity contribution in [3.63, 3.8) is 0 Å². The number of halogens is 1. The largest absolute Gasteiger partial charge is 0.486 e. The quantitative estimate of drug-likeness (QED) is 0.222. The summed E-state index contributed by atoms with van der Waals surface area (Å²) in [5, 5.41) is 9.01. The summed E-state index contributed by atoms with van der Waals surface area (Å²) in [5.74, 6) is -1.45. The lowest BCUT2D eigenvalue weighted by atomic mass is 10.1. The molecule has 0 unspecified atom stereocenters. The van der Waals surface area contributed by atoms with Crippen molar-refractivity contribution in [1.82, 2.24) is 0 Å². The van der Waals surface area contributed by atoms with Crippen molar-refractivity contribution in [3.05, 3.63) is 68.6 Å². The van der Waals surface area contributed by atoms with Crippen LogP contribution in [-0.4, -0.2) is 24.2 Å². The van der Waals surface area contributed by atoms with Gasteiger partial charge in [0.05, 0.1) is 6.57 Å². The zero-order chi connectivity index (χ0) is 23.8. The summed E-state index contributed by atoms with van der Waals surface area (Å²) in [5.41, 5.74) is 1.18. The minimum absolute atomic E-state index is 0.229. The number of hydrogen-bond donors (Lipinski definition) is 1. The summed E-state index contributed by atoms with van der Waals surface area (Å²) >= 11 is 2.99. The van der Waals surface area contributed by atoms with Gasteiger partial charge in [-0.1, -0.05) is 32.8 Å². The Kier molecular flexibility index (Phi) is 8.81. The van der Waals surface area contributed by atoms with Crippen LogP contribution in [0.4, 0.5) is 10.1 Å². The fourth-order valence-corrected chi connectivity index (χ4v) is 5.65. The molecule has 7 heteroatoms. The number of unbranched alkanes of at least 4 members (excludes halogenated alkanes) is 2. The molecule has 0 aliphatic carbocycles. The van der Waals surface area contributed by atoms with Crippen LogP contribution in [0.5, 0.6) is 0 Å². The van der Waals surface area contributed by atoms with Gasteiger partial charge in [-0.25, -0.2) is 9.24 Å². The number of carboxylic acid groups (broad SMARTS) is 1. The van der Waals surface area contributed by atoms with Gasteiger partial charge in [-0.3, -0.25) is 4.79 Å². The minimum Gasteiger partial charge on any atom is -0.486 e. The van der Waals surface area contributed by atoms with Crippen LogP contribution in [0.2, 0.25) is 0 Å². The highest BCUT2D eigenvalue weighted by Crippen LogP contribution is 2.35. The fraction of sp³-hybridized carbons (Fsp3) is 0.308. The van der Waals surface area contributed by atoms with Gasteiger partial charge in [-0.2, -0.15) is 0 Å². The Balaban J connectivity index is 1.75. The van der Waals surface area contributed by atoms with E-state index in [4.69, 9.17) is 11.7 Å². The molecule has 1 aromatic carbocycles. The molecule has 33 heavy (non-hydrogen) atoms. The SMILES string of the molecule is [C-]#[N+]C(=Cc1cc2sc(C=Cc3ccc(N(CCCC)CCCC)cc3F)cc2s1)C(=O)O. The second kappa shape index (κ2) is 11.8. The van der Waals surface area contributed by atoms with E-state index in [1.54, 1.807) is 23.5 Å². The van der Waals surface area contributed by atoms with Crippen LogP contribution in [-0.2, 0) is 4.79 Å². The predicted molar refractivity (Wildman–Crippen MR) is 139 cm³/mol. The monoisotopic (exact) mass is 482 g/mol. The highest BCUT2D eigenvalue weighted by molar-refractivity contribution is 7.28. The second-order valence-electron chi connectivity index (χ2n) is 7.71. The summed E-state index contributed by atoms with van der Waals surface area (Å²) in [4.78, 5) is 18.1. The number of thiophene rings is 2. The molecule has 2 heterocycles. The molecule has 0 atom stereocenters. The van der Waals surface area contributed by atoms with Crippen molar-refractivity contribution in [1.29, 1.82) is 0 Å². The van der Waals surface area contributed by atoms with E-state index in [1.807, 2.05) is 30.3 Å². The van der Waals surface area contributed by atoms with E-state index in [-0.39, 0.29) is 11.5 Å². The number of hydrogen-bond acceptors (Lipinski definition) is 4. The second-order valence-corrected chi connectivity index (χ2v) is 9.94. The molecule has 0 aliphatic rings. The molecule has 0 saturated heterocycles. The number of carboxylic acids is 1. The Labute approximate surface area is 202 Å². The van der Waals surface area contributed by atoms with Crippen molar-refractivity contribution >= 4 is 62.0 Å². The van der Waals surface area contributed by atoms with Crippen LogP contribution >= 0.6 is 22.7 Å². The van der Waals surface area contributed by atoms with Gasteiger partial charge in [-0.05, 0) is 55.3 Å². The minimum atomic E-state index is -1.22. The van der Waals surface area contributed by atoms with E-state index >= 15 is 0 Å². The Morgan fingerprint density at radius 1 is 1.06 bits per heavy atom. The van der Waals surface area contributed by atoms with Gasteiger partial charge in [0, 0.05) is 43.5 Å². The van der Waals surface area contributed by atoms with Crippen LogP contribution in [0, 0.1) is 12.4 Å². The topological polar surface area (TPSA) is 44.9 Å². The highest BCUT2D eigenvalue weighted by Gasteiger charge is 2.11. The number of benzene rings is 1. The molecule has 1 N–H and O–H groups in total. The van der Waals surface area contributed by atoms with Gasteiger partial charge in [0.15, 0.2) is 0 Å². The Morgan fingerprint density at radius 3 is 2.27 bits per heavy atom. The maximum Gasteiger partial charge on any atom is 0.333 e. The van der Waals surface area contributed by atoms with Crippen LogP contribution in [0.1, 0.15) is 54.8 Å². The molecule has 0 saturated carbocycles. The average molecular weight is 483 g/mol. The van der Waals surface area contributed by atoms with Crippen LogP contribution in [0.3, 0.4) is 0 Å². The molecule has 3 rings (SSSR count). The molecule has 2 aromatic heterocycles. The number of fused-ring (bicyclic) bond motifs is 1. The molecule has 172 valence electrons. The van der Waals surface area contributed by atoms with Crippen molar-refractivity contribution in [2.45, 2.75) is 39.5 Å². The normalized spacial score (nSPS) is 11.9. The number of carbonyl (C=O) groups is 1. The smallest absolute Gasteiger partial charge is 0.333 e. The van der Waals surface area contributed by atoms with Crippen LogP contribution < -0.4 is 4.90 Å². The molecule has 0 amide bonds. The van der Waals surface area contributed by atoms with Gasteiger partial charge >= 0.3 is 5.97 Å². The molecule has 0 spiro atoms. The maximum absolute atomic E-state index is 14.8. The van der Waals surface area contributed by atoms with Gasteiger partial charge in [-0.15, -0.1) is 22.7 Å². The van der Waals surface area contributed by atoms with Crippen LogP contribution in [0.25, 0.3) is 32.5 Å². The molecule has 0 bridgehead atoms. The molecular formula is C26H27FN2O2S2. The summed E-state index contributed by atoms with van der Waals surface area (Å²) in [6.07, 6.45) is 9.50. The summed E-state index contributed by atoms with van der Waals surface area (Å²) in [6.45, 7) is 13.2. The first kappa shape index (κ1) is 24.7. The van der Waals surface area contributed by atoms with E-state index in [2.05, 4.69) is 23.6 Å². The fourth-order valence-electron chi connectivity index (χ4n) is 3.39. The van der Waals surface area contributed by atoms with Crippen molar-refractivity contribution in [3.8, 4) is 0 Å². The first-order valence-electron chi connectivity index (χ1n) is 11.0. The van der Waals surface area contributed by atoms with Gasteiger partial charge < -0.3 is 10.0 Å². The standard InChI is InChI=1S/C26H27FN2O2S2/c1-4-6-12-29(13-7-5-2)19-10-8-18(22(27)14-19)9-11-20-16-24-25(32-20)17-21(33-24)15-23(28-3)26(30)31/h8-11,14-17H,4-7,12-13H2,1-2H3,(H,30,31). The van der Waals surface area contributed by atoms with Crippen molar-refractivity contribution < 1.29 is 14.3 Å². The number of rotatable bonds is 11. The maximum atomic E-state index is 14.8. The van der Waals surface area contributed by atoms with Gasteiger partial charge in [0.25, 0.3) is 5.70 Å². The molecular weight excluding hydrogens is 455 g/mol. The van der Waals surface area contributed by atoms with Gasteiger partial charge in [0.1, 0.15) is 5.82 Å². The van der Waals surface area contributed by atoms with E-state index < -0.39 is 5.97 Å². The van der Waals surface area contributed by atoms with E-state index in [9.17, 15) is 9.18 Å². The van der Waals surface area contributed by atoms with Gasteiger partial charge in [0.2, 0.25) is 0 Å². The first-order chi connectivity index (χ1) is 15.9.